The maximum Gasteiger partial charge on any atom is 0.231 e. The molecule has 5 nitrogen and oxygen atoms in total. The van der Waals surface area contributed by atoms with Crippen LogP contribution in [0.1, 0.15) is 12.8 Å². The van der Waals surface area contributed by atoms with E-state index in [0.717, 1.165) is 37.4 Å². The van der Waals surface area contributed by atoms with Crippen molar-refractivity contribution in [1.82, 2.24) is 4.90 Å². The van der Waals surface area contributed by atoms with Crippen molar-refractivity contribution >= 4 is 5.91 Å². The van der Waals surface area contributed by atoms with Gasteiger partial charge in [-0.25, -0.2) is 0 Å². The molecular formula is C15H22N2O3. The molecule has 0 aliphatic carbocycles. The molecule has 0 radical (unpaired) electrons. The minimum Gasteiger partial charge on any atom is -0.493 e. The van der Waals surface area contributed by atoms with E-state index < -0.39 is 0 Å². The van der Waals surface area contributed by atoms with Gasteiger partial charge >= 0.3 is 0 Å². The number of carbonyl (C=O) groups excluding carboxylic acids is 1. The summed E-state index contributed by atoms with van der Waals surface area (Å²) in [5, 5.41) is 0. The van der Waals surface area contributed by atoms with Crippen LogP contribution in [-0.4, -0.2) is 44.2 Å². The van der Waals surface area contributed by atoms with Crippen LogP contribution in [-0.2, 0) is 4.79 Å². The average molecular weight is 278 g/mol. The SMILES string of the molecule is COc1ccccc1OC[C@@H]1CCCN(CC(N)=O)C1. The number of nitrogens with two attached hydrogens (primary N) is 1. The minimum absolute atomic E-state index is 0.267. The van der Waals surface area contributed by atoms with Gasteiger partial charge in [-0.15, -0.1) is 0 Å². The lowest BCUT2D eigenvalue weighted by molar-refractivity contribution is -0.119. The molecule has 110 valence electrons. The third kappa shape index (κ3) is 4.13. The van der Waals surface area contributed by atoms with Gasteiger partial charge < -0.3 is 15.2 Å². The van der Waals surface area contributed by atoms with E-state index in [-0.39, 0.29) is 5.91 Å². The van der Waals surface area contributed by atoms with Crippen molar-refractivity contribution in [2.24, 2.45) is 11.7 Å². The van der Waals surface area contributed by atoms with Crippen LogP contribution < -0.4 is 15.2 Å². The zero-order chi connectivity index (χ0) is 14.4. The average Bonchev–Trinajstić information content (AvgIpc) is 2.45. The lowest BCUT2D eigenvalue weighted by Gasteiger charge is -2.31. The number of hydrogen-bond acceptors (Lipinski definition) is 4. The number of methoxy groups -OCH3 is 1. The second-order valence-electron chi connectivity index (χ2n) is 5.17. The molecule has 1 amide bonds. The molecule has 0 aromatic heterocycles. The van der Waals surface area contributed by atoms with Crippen LogP contribution in [0.5, 0.6) is 11.5 Å². The van der Waals surface area contributed by atoms with Gasteiger partial charge in [-0.05, 0) is 31.5 Å². The number of hydrogen-bond donors (Lipinski definition) is 1. The Bertz CT molecular complexity index is 450. The maximum atomic E-state index is 11.0. The number of amides is 1. The summed E-state index contributed by atoms with van der Waals surface area (Å²) < 4.78 is 11.1. The van der Waals surface area contributed by atoms with E-state index in [1.54, 1.807) is 7.11 Å². The molecule has 0 bridgehead atoms. The van der Waals surface area contributed by atoms with Crippen molar-refractivity contribution in [2.75, 3.05) is 33.4 Å². The first-order valence-electron chi connectivity index (χ1n) is 6.95. The van der Waals surface area contributed by atoms with E-state index >= 15 is 0 Å². The van der Waals surface area contributed by atoms with Gasteiger partial charge in [-0.2, -0.15) is 0 Å². The summed E-state index contributed by atoms with van der Waals surface area (Å²) in [5.74, 6) is 1.67. The highest BCUT2D eigenvalue weighted by Gasteiger charge is 2.21. The molecule has 2 N–H and O–H groups in total. The Hall–Kier alpha value is -1.75. The van der Waals surface area contributed by atoms with Crippen LogP contribution in [0.25, 0.3) is 0 Å². The number of para-hydroxylation sites is 2. The topological polar surface area (TPSA) is 64.8 Å². The fraction of sp³-hybridized carbons (Fsp3) is 0.533. The van der Waals surface area contributed by atoms with Crippen molar-refractivity contribution in [1.29, 1.82) is 0 Å². The highest BCUT2D eigenvalue weighted by atomic mass is 16.5. The number of benzene rings is 1. The highest BCUT2D eigenvalue weighted by molar-refractivity contribution is 5.75. The standard InChI is InChI=1S/C15H22N2O3/c1-19-13-6-2-3-7-14(13)20-11-12-5-4-8-17(9-12)10-15(16)18/h2-3,6-7,12H,4-5,8-11H2,1H3,(H2,16,18)/t12-/m1/s1. The summed E-state index contributed by atoms with van der Waals surface area (Å²) in [5.41, 5.74) is 5.24. The van der Waals surface area contributed by atoms with E-state index in [0.29, 0.717) is 19.1 Å². The summed E-state index contributed by atoms with van der Waals surface area (Å²) in [4.78, 5) is 13.1. The summed E-state index contributed by atoms with van der Waals surface area (Å²) >= 11 is 0. The first-order chi connectivity index (χ1) is 9.69. The zero-order valence-corrected chi connectivity index (χ0v) is 11.9. The van der Waals surface area contributed by atoms with Gasteiger partial charge in [-0.3, -0.25) is 9.69 Å². The number of nitrogens with zero attached hydrogens (tertiary/aromatic N) is 1. The van der Waals surface area contributed by atoms with Gasteiger partial charge in [-0.1, -0.05) is 12.1 Å². The van der Waals surface area contributed by atoms with Crippen molar-refractivity contribution in [3.8, 4) is 11.5 Å². The number of likely N-dealkylation sites (tertiary alicyclic amines) is 1. The predicted molar refractivity (Wildman–Crippen MR) is 76.8 cm³/mol. The first-order valence-corrected chi connectivity index (χ1v) is 6.95. The molecule has 20 heavy (non-hydrogen) atoms. The van der Waals surface area contributed by atoms with Crippen LogP contribution >= 0.6 is 0 Å². The molecule has 1 heterocycles. The lowest BCUT2D eigenvalue weighted by atomic mass is 9.99. The van der Waals surface area contributed by atoms with Crippen LogP contribution in [0.3, 0.4) is 0 Å². The van der Waals surface area contributed by atoms with E-state index in [1.807, 2.05) is 24.3 Å². The van der Waals surface area contributed by atoms with Gasteiger partial charge in [0, 0.05) is 12.5 Å². The molecule has 2 rings (SSSR count). The van der Waals surface area contributed by atoms with Gasteiger partial charge in [0.05, 0.1) is 20.3 Å². The molecule has 1 saturated heterocycles. The van der Waals surface area contributed by atoms with E-state index in [1.165, 1.54) is 0 Å². The molecule has 1 aliphatic heterocycles. The molecular weight excluding hydrogens is 256 g/mol. The second kappa shape index (κ2) is 7.14. The molecule has 5 heteroatoms. The summed E-state index contributed by atoms with van der Waals surface area (Å²) in [6, 6.07) is 7.64. The zero-order valence-electron chi connectivity index (χ0n) is 11.9. The normalized spacial score (nSPS) is 19.6. The van der Waals surface area contributed by atoms with Crippen molar-refractivity contribution in [2.45, 2.75) is 12.8 Å². The van der Waals surface area contributed by atoms with Gasteiger partial charge in [0.1, 0.15) is 0 Å². The van der Waals surface area contributed by atoms with Crippen LogP contribution in [0.15, 0.2) is 24.3 Å². The smallest absolute Gasteiger partial charge is 0.231 e. The summed E-state index contributed by atoms with van der Waals surface area (Å²) in [6.45, 7) is 2.77. The van der Waals surface area contributed by atoms with E-state index in [4.69, 9.17) is 15.2 Å². The second-order valence-corrected chi connectivity index (χ2v) is 5.17. The Labute approximate surface area is 119 Å². The molecule has 1 atom stereocenters. The van der Waals surface area contributed by atoms with Crippen molar-refractivity contribution in [3.63, 3.8) is 0 Å². The highest BCUT2D eigenvalue weighted by Crippen LogP contribution is 2.27. The molecule has 0 saturated carbocycles. The number of piperidine rings is 1. The van der Waals surface area contributed by atoms with Crippen molar-refractivity contribution in [3.05, 3.63) is 24.3 Å². The Morgan fingerprint density at radius 2 is 2.15 bits per heavy atom. The maximum absolute atomic E-state index is 11.0. The molecule has 0 unspecified atom stereocenters. The fourth-order valence-corrected chi connectivity index (χ4v) is 2.60. The quantitative estimate of drug-likeness (QED) is 0.851. The number of ether oxygens (including phenoxy) is 2. The number of carbonyl (C=O) groups is 1. The molecule has 0 spiro atoms. The molecule has 1 aromatic rings. The van der Waals surface area contributed by atoms with Crippen LogP contribution in [0.2, 0.25) is 0 Å². The Balaban J connectivity index is 1.85. The largest absolute Gasteiger partial charge is 0.493 e. The van der Waals surface area contributed by atoms with Gasteiger partial charge in [0.2, 0.25) is 5.91 Å². The van der Waals surface area contributed by atoms with Crippen molar-refractivity contribution < 1.29 is 14.3 Å². The summed E-state index contributed by atoms with van der Waals surface area (Å²) in [6.07, 6.45) is 2.19. The van der Waals surface area contributed by atoms with Gasteiger partial charge in [0.15, 0.2) is 11.5 Å². The fourth-order valence-electron chi connectivity index (χ4n) is 2.60. The van der Waals surface area contributed by atoms with Gasteiger partial charge in [0.25, 0.3) is 0 Å². The lowest BCUT2D eigenvalue weighted by Crippen LogP contribution is -2.42. The Kier molecular flexibility index (Phi) is 5.24. The van der Waals surface area contributed by atoms with E-state index in [9.17, 15) is 4.79 Å². The Morgan fingerprint density at radius 1 is 1.40 bits per heavy atom. The number of primary amides is 1. The third-order valence-corrected chi connectivity index (χ3v) is 3.53. The van der Waals surface area contributed by atoms with Crippen LogP contribution in [0, 0.1) is 5.92 Å². The molecule has 1 aromatic carbocycles. The summed E-state index contributed by atoms with van der Waals surface area (Å²) in [7, 11) is 1.64. The molecule has 1 aliphatic rings. The minimum atomic E-state index is -0.267. The van der Waals surface area contributed by atoms with E-state index in [2.05, 4.69) is 4.90 Å². The number of rotatable bonds is 6. The molecule has 1 fully saturated rings. The predicted octanol–water partition coefficient (Wildman–Crippen LogP) is 1.27. The third-order valence-electron chi connectivity index (χ3n) is 3.53. The Morgan fingerprint density at radius 3 is 2.85 bits per heavy atom. The monoisotopic (exact) mass is 278 g/mol. The first kappa shape index (κ1) is 14.7. The van der Waals surface area contributed by atoms with Crippen LogP contribution in [0.4, 0.5) is 0 Å².